The molecule has 0 radical (unpaired) electrons. The molecule has 0 fully saturated rings. The zero-order valence-electron chi connectivity index (χ0n) is 15.4. The number of amides is 1. The molecule has 0 saturated carbocycles. The van der Waals surface area contributed by atoms with E-state index in [-0.39, 0.29) is 11.4 Å². The van der Waals surface area contributed by atoms with E-state index >= 15 is 0 Å². The maximum Gasteiger partial charge on any atom is 0.261 e. The van der Waals surface area contributed by atoms with Gasteiger partial charge in [0.1, 0.15) is 11.3 Å². The molecular formula is C23H20N2O3. The molecule has 140 valence electrons. The third-order valence-corrected chi connectivity index (χ3v) is 4.03. The van der Waals surface area contributed by atoms with Crippen molar-refractivity contribution in [3.8, 4) is 5.75 Å². The van der Waals surface area contributed by atoms with E-state index in [1.165, 1.54) is 6.20 Å². The van der Waals surface area contributed by atoms with Crippen LogP contribution in [-0.2, 0) is 4.79 Å². The number of rotatable bonds is 7. The number of methoxy groups -OCH3 is 1. The largest absolute Gasteiger partial charge is 0.497 e. The monoisotopic (exact) mass is 372 g/mol. The summed E-state index contributed by atoms with van der Waals surface area (Å²) in [5, 5.41) is 5.77. The minimum absolute atomic E-state index is 0.00544. The fraction of sp³-hybridized carbons (Fsp3) is 0.0435. The second kappa shape index (κ2) is 9.19. The van der Waals surface area contributed by atoms with Gasteiger partial charge in [-0.25, -0.2) is 0 Å². The number of Topliss-reactive ketones (excluding diaryl/α,β-unsaturated/α-hetero) is 1. The smallest absolute Gasteiger partial charge is 0.261 e. The van der Waals surface area contributed by atoms with Gasteiger partial charge in [0.15, 0.2) is 5.78 Å². The highest BCUT2D eigenvalue weighted by Crippen LogP contribution is 2.17. The van der Waals surface area contributed by atoms with Crippen molar-refractivity contribution >= 4 is 23.1 Å². The molecule has 0 bridgehead atoms. The number of hydrogen-bond acceptors (Lipinski definition) is 4. The molecule has 2 N–H and O–H groups in total. The maximum atomic E-state index is 12.9. The summed E-state index contributed by atoms with van der Waals surface area (Å²) in [6, 6.07) is 24.9. The van der Waals surface area contributed by atoms with Crippen LogP contribution in [0.1, 0.15) is 10.4 Å². The number of ketones is 1. The van der Waals surface area contributed by atoms with E-state index in [1.807, 2.05) is 36.4 Å². The van der Waals surface area contributed by atoms with Gasteiger partial charge in [-0.05, 0) is 36.4 Å². The minimum Gasteiger partial charge on any atom is -0.497 e. The number of para-hydroxylation sites is 1. The molecule has 0 atom stereocenters. The zero-order valence-corrected chi connectivity index (χ0v) is 15.4. The van der Waals surface area contributed by atoms with Crippen molar-refractivity contribution in [3.63, 3.8) is 0 Å². The standard InChI is InChI=1S/C23H20N2O3/c1-28-20-14-12-19(13-15-20)25-23(27)21(16-24-18-10-6-3-7-11-18)22(26)17-8-4-2-5-9-17/h2-16,24H,1H3,(H,25,27). The van der Waals surface area contributed by atoms with E-state index < -0.39 is 5.91 Å². The Bertz CT molecular complexity index is 966. The summed E-state index contributed by atoms with van der Waals surface area (Å²) < 4.78 is 5.12. The van der Waals surface area contributed by atoms with Gasteiger partial charge in [-0.15, -0.1) is 0 Å². The molecule has 5 heteroatoms. The molecule has 0 aromatic heterocycles. The summed E-state index contributed by atoms with van der Waals surface area (Å²) in [4.78, 5) is 25.7. The number of ether oxygens (including phenoxy) is 1. The van der Waals surface area contributed by atoms with E-state index in [9.17, 15) is 9.59 Å². The normalized spacial score (nSPS) is 10.8. The topological polar surface area (TPSA) is 67.4 Å². The van der Waals surface area contributed by atoms with Crippen LogP contribution in [0.3, 0.4) is 0 Å². The molecule has 3 aromatic rings. The predicted octanol–water partition coefficient (Wildman–Crippen LogP) is 4.51. The lowest BCUT2D eigenvalue weighted by Gasteiger charge is -2.10. The Morgan fingerprint density at radius 2 is 1.39 bits per heavy atom. The number of carbonyl (C=O) groups excluding carboxylic acids is 2. The van der Waals surface area contributed by atoms with Gasteiger partial charge in [0.2, 0.25) is 0 Å². The Morgan fingerprint density at radius 3 is 2.00 bits per heavy atom. The Kier molecular flexibility index (Phi) is 6.21. The highest BCUT2D eigenvalue weighted by molar-refractivity contribution is 6.28. The first-order valence-electron chi connectivity index (χ1n) is 8.74. The predicted molar refractivity (Wildman–Crippen MR) is 111 cm³/mol. The minimum atomic E-state index is -0.498. The molecule has 0 unspecified atom stereocenters. The third kappa shape index (κ3) is 4.86. The quantitative estimate of drug-likeness (QED) is 0.277. The highest BCUT2D eigenvalue weighted by Gasteiger charge is 2.20. The molecule has 3 aromatic carbocycles. The lowest BCUT2D eigenvalue weighted by Crippen LogP contribution is -2.21. The van der Waals surface area contributed by atoms with Crippen molar-refractivity contribution in [1.82, 2.24) is 0 Å². The van der Waals surface area contributed by atoms with Crippen LogP contribution < -0.4 is 15.4 Å². The summed E-state index contributed by atoms with van der Waals surface area (Å²) >= 11 is 0. The Morgan fingerprint density at radius 1 is 0.786 bits per heavy atom. The average Bonchev–Trinajstić information content (AvgIpc) is 2.75. The van der Waals surface area contributed by atoms with Gasteiger partial charge in [-0.3, -0.25) is 9.59 Å². The number of anilines is 2. The summed E-state index contributed by atoms with van der Waals surface area (Å²) in [7, 11) is 1.57. The Labute approximate surface area is 163 Å². The van der Waals surface area contributed by atoms with Crippen molar-refractivity contribution in [3.05, 3.63) is 102 Å². The van der Waals surface area contributed by atoms with Crippen LogP contribution in [0.2, 0.25) is 0 Å². The average molecular weight is 372 g/mol. The number of carbonyl (C=O) groups is 2. The lowest BCUT2D eigenvalue weighted by atomic mass is 10.0. The maximum absolute atomic E-state index is 12.9. The molecule has 28 heavy (non-hydrogen) atoms. The van der Waals surface area contributed by atoms with Crippen LogP contribution in [0.5, 0.6) is 5.75 Å². The first-order chi connectivity index (χ1) is 13.7. The molecule has 0 aliphatic carbocycles. The molecule has 3 rings (SSSR count). The molecule has 0 spiro atoms. The van der Waals surface area contributed by atoms with Crippen LogP contribution in [-0.4, -0.2) is 18.8 Å². The number of hydrogen-bond donors (Lipinski definition) is 2. The van der Waals surface area contributed by atoms with Gasteiger partial charge in [0.25, 0.3) is 5.91 Å². The van der Waals surface area contributed by atoms with Crippen molar-refractivity contribution in [2.24, 2.45) is 0 Å². The number of nitrogens with one attached hydrogen (secondary N) is 2. The zero-order chi connectivity index (χ0) is 19.8. The molecule has 0 aliphatic heterocycles. The summed E-state index contributed by atoms with van der Waals surface area (Å²) in [5.74, 6) is -0.183. The van der Waals surface area contributed by atoms with Crippen molar-refractivity contribution < 1.29 is 14.3 Å². The Balaban J connectivity index is 1.85. The van der Waals surface area contributed by atoms with Gasteiger partial charge in [0.05, 0.1) is 7.11 Å². The molecular weight excluding hydrogens is 352 g/mol. The summed E-state index contributed by atoms with van der Waals surface area (Å²) in [6.45, 7) is 0. The van der Waals surface area contributed by atoms with Gasteiger partial charge in [-0.2, -0.15) is 0 Å². The lowest BCUT2D eigenvalue weighted by molar-refractivity contribution is -0.112. The Hall–Kier alpha value is -3.86. The highest BCUT2D eigenvalue weighted by atomic mass is 16.5. The number of benzene rings is 3. The fourth-order valence-electron chi connectivity index (χ4n) is 2.54. The van der Waals surface area contributed by atoms with E-state index in [4.69, 9.17) is 4.74 Å². The molecule has 0 heterocycles. The van der Waals surface area contributed by atoms with Crippen LogP contribution >= 0.6 is 0 Å². The van der Waals surface area contributed by atoms with Crippen LogP contribution in [0, 0.1) is 0 Å². The van der Waals surface area contributed by atoms with E-state index in [0.29, 0.717) is 17.0 Å². The SMILES string of the molecule is COc1ccc(NC(=O)C(=CNc2ccccc2)C(=O)c2ccccc2)cc1. The van der Waals surface area contributed by atoms with E-state index in [1.54, 1.807) is 55.6 Å². The van der Waals surface area contributed by atoms with Crippen molar-refractivity contribution in [2.75, 3.05) is 17.7 Å². The van der Waals surface area contributed by atoms with Gasteiger partial charge < -0.3 is 15.4 Å². The molecule has 5 nitrogen and oxygen atoms in total. The first kappa shape index (κ1) is 18.9. The fourth-order valence-corrected chi connectivity index (χ4v) is 2.54. The van der Waals surface area contributed by atoms with Gasteiger partial charge in [-0.1, -0.05) is 48.5 Å². The molecule has 0 aliphatic rings. The second-order valence-electron chi connectivity index (χ2n) is 5.95. The second-order valence-corrected chi connectivity index (χ2v) is 5.95. The van der Waals surface area contributed by atoms with Crippen LogP contribution in [0.4, 0.5) is 11.4 Å². The molecule has 0 saturated heterocycles. The van der Waals surface area contributed by atoms with E-state index in [0.717, 1.165) is 5.69 Å². The van der Waals surface area contributed by atoms with E-state index in [2.05, 4.69) is 10.6 Å². The van der Waals surface area contributed by atoms with Crippen molar-refractivity contribution in [2.45, 2.75) is 0 Å². The van der Waals surface area contributed by atoms with Gasteiger partial charge in [0, 0.05) is 23.1 Å². The molecule has 1 amide bonds. The van der Waals surface area contributed by atoms with Crippen LogP contribution in [0.25, 0.3) is 0 Å². The third-order valence-electron chi connectivity index (χ3n) is 4.03. The van der Waals surface area contributed by atoms with Crippen LogP contribution in [0.15, 0.2) is 96.7 Å². The van der Waals surface area contributed by atoms with Gasteiger partial charge >= 0.3 is 0 Å². The first-order valence-corrected chi connectivity index (χ1v) is 8.74. The summed E-state index contributed by atoms with van der Waals surface area (Å²) in [5.41, 5.74) is 1.79. The summed E-state index contributed by atoms with van der Waals surface area (Å²) in [6.07, 6.45) is 1.43. The van der Waals surface area contributed by atoms with Crippen molar-refractivity contribution in [1.29, 1.82) is 0 Å².